The van der Waals surface area contributed by atoms with Gasteiger partial charge in [0.2, 0.25) is 0 Å². The number of carbonyl (C=O) groups excluding carboxylic acids is 2. The number of aryl methyl sites for hydroxylation is 2. The molecule has 0 aliphatic heterocycles. The Morgan fingerprint density at radius 1 is 0.951 bits per heavy atom. The first kappa shape index (κ1) is 29.8. The van der Waals surface area contributed by atoms with Gasteiger partial charge in [-0.3, -0.25) is 0 Å². The summed E-state index contributed by atoms with van der Waals surface area (Å²) < 4.78 is 51.2. The molecule has 41 heavy (non-hydrogen) atoms. The molecule has 0 N–H and O–H groups in total. The molecule has 0 unspecified atom stereocenters. The zero-order valence-corrected chi connectivity index (χ0v) is 23.4. The van der Waals surface area contributed by atoms with Crippen LogP contribution in [-0.4, -0.2) is 34.3 Å². The van der Waals surface area contributed by atoms with Crippen molar-refractivity contribution in [1.82, 2.24) is 9.55 Å². The molecule has 0 fully saturated rings. The number of hydrogen-bond acceptors (Lipinski definition) is 5. The zero-order chi connectivity index (χ0) is 29.6. The monoisotopic (exact) mass is 566 g/mol. The number of nitrogens with zero attached hydrogens (tertiary/aromatic N) is 2. The summed E-state index contributed by atoms with van der Waals surface area (Å²) in [6.45, 7) is 7.01. The van der Waals surface area contributed by atoms with Crippen molar-refractivity contribution in [3.63, 3.8) is 0 Å². The lowest BCUT2D eigenvalue weighted by Gasteiger charge is -2.15. The summed E-state index contributed by atoms with van der Waals surface area (Å²) in [7, 11) is 0. The van der Waals surface area contributed by atoms with E-state index in [0.29, 0.717) is 29.0 Å². The number of unbranched alkanes of at least 4 members (excludes halogenated alkanes) is 2. The minimum atomic E-state index is -5.30. The Morgan fingerprint density at radius 2 is 1.68 bits per heavy atom. The number of rotatable bonds is 11. The number of fused-ring (bicyclic) bond motifs is 1. The lowest BCUT2D eigenvalue weighted by Crippen LogP contribution is -2.28. The number of carbonyl (C=O) groups is 2. The molecule has 216 valence electrons. The van der Waals surface area contributed by atoms with E-state index in [1.807, 2.05) is 29.7 Å². The van der Waals surface area contributed by atoms with Crippen LogP contribution in [0.15, 0.2) is 60.7 Å². The van der Waals surface area contributed by atoms with Crippen LogP contribution in [0.25, 0.3) is 22.2 Å². The van der Waals surface area contributed by atoms with Crippen molar-refractivity contribution in [1.29, 1.82) is 0 Å². The van der Waals surface area contributed by atoms with Crippen LogP contribution in [0.3, 0.4) is 0 Å². The van der Waals surface area contributed by atoms with E-state index in [4.69, 9.17) is 9.72 Å². The van der Waals surface area contributed by atoms with E-state index < -0.39 is 18.1 Å². The predicted octanol–water partition coefficient (Wildman–Crippen LogP) is 7.83. The molecule has 0 amide bonds. The van der Waals surface area contributed by atoms with Gasteiger partial charge < -0.3 is 14.0 Å². The topological polar surface area (TPSA) is 70.4 Å². The maximum Gasteiger partial charge on any atom is 0.491 e. The fourth-order valence-corrected chi connectivity index (χ4v) is 4.63. The highest BCUT2D eigenvalue weighted by atomic mass is 19.4. The first-order valence-electron chi connectivity index (χ1n) is 13.8. The van der Waals surface area contributed by atoms with Crippen LogP contribution in [0.5, 0.6) is 5.75 Å². The molecule has 1 aromatic heterocycles. The SMILES string of the molecule is CCCCOc1ccc(C)c2nc(CCCC)n(Cc3ccc(-c4ccccc4)c(C(=O)OC(=O)C(F)(F)F)c3)c12. The van der Waals surface area contributed by atoms with Gasteiger partial charge in [-0.1, -0.05) is 75.2 Å². The fourth-order valence-electron chi connectivity index (χ4n) is 4.63. The van der Waals surface area contributed by atoms with Gasteiger partial charge in [0.05, 0.1) is 17.7 Å². The van der Waals surface area contributed by atoms with Crippen LogP contribution in [0, 0.1) is 6.92 Å². The number of alkyl halides is 3. The van der Waals surface area contributed by atoms with E-state index in [2.05, 4.69) is 18.6 Å². The van der Waals surface area contributed by atoms with Gasteiger partial charge >= 0.3 is 18.1 Å². The second-order valence-electron chi connectivity index (χ2n) is 9.92. The van der Waals surface area contributed by atoms with Gasteiger partial charge in [0, 0.05) is 13.0 Å². The summed E-state index contributed by atoms with van der Waals surface area (Å²) >= 11 is 0. The molecule has 0 atom stereocenters. The van der Waals surface area contributed by atoms with E-state index in [0.717, 1.165) is 54.5 Å². The lowest BCUT2D eigenvalue weighted by molar-refractivity contribution is -0.193. The Bertz CT molecular complexity index is 1530. The third-order valence-corrected chi connectivity index (χ3v) is 6.79. The van der Waals surface area contributed by atoms with E-state index in [-0.39, 0.29) is 12.1 Å². The average molecular weight is 567 g/mol. The molecule has 0 saturated carbocycles. The standard InChI is InChI=1S/C32H33F3N2O4/c1-4-6-13-27-36-28-21(3)14-17-26(40-18-7-5-2)29(28)37(27)20-22-15-16-24(23-11-9-8-10-12-23)25(19-22)30(38)41-31(39)32(33,34)35/h8-12,14-17,19H,4-7,13,18,20H2,1-3H3. The smallest absolute Gasteiger partial charge is 0.491 e. The average Bonchev–Trinajstić information content (AvgIpc) is 3.32. The number of halogens is 3. The van der Waals surface area contributed by atoms with Crippen LogP contribution in [-0.2, 0) is 22.5 Å². The first-order chi connectivity index (χ1) is 19.6. The third-order valence-electron chi connectivity index (χ3n) is 6.79. The van der Waals surface area contributed by atoms with E-state index >= 15 is 0 Å². The molecule has 0 aliphatic rings. The van der Waals surface area contributed by atoms with Gasteiger partial charge in [-0.25, -0.2) is 14.6 Å². The molecule has 0 bridgehead atoms. The van der Waals surface area contributed by atoms with Gasteiger partial charge in [-0.05, 0) is 54.2 Å². The molecule has 0 aliphatic carbocycles. The highest BCUT2D eigenvalue weighted by Gasteiger charge is 2.42. The van der Waals surface area contributed by atoms with Crippen LogP contribution in [0.2, 0.25) is 0 Å². The van der Waals surface area contributed by atoms with Crippen molar-refractivity contribution >= 4 is 23.0 Å². The largest absolute Gasteiger partial charge is 0.491 e. The zero-order valence-electron chi connectivity index (χ0n) is 23.4. The van der Waals surface area contributed by atoms with Gasteiger partial charge in [-0.15, -0.1) is 0 Å². The van der Waals surface area contributed by atoms with E-state index in [1.165, 1.54) is 6.07 Å². The predicted molar refractivity (Wildman–Crippen MR) is 151 cm³/mol. The number of hydrogen-bond donors (Lipinski definition) is 0. The summed E-state index contributed by atoms with van der Waals surface area (Å²) in [6, 6.07) is 17.6. The maximum absolute atomic E-state index is 12.9. The first-order valence-corrected chi connectivity index (χ1v) is 13.8. The minimum absolute atomic E-state index is 0.138. The number of imidazole rings is 1. The maximum atomic E-state index is 12.9. The van der Waals surface area contributed by atoms with Crippen molar-refractivity contribution < 1.29 is 32.2 Å². The molecule has 1 heterocycles. The van der Waals surface area contributed by atoms with E-state index in [1.54, 1.807) is 36.4 Å². The highest BCUT2D eigenvalue weighted by molar-refractivity contribution is 6.03. The molecule has 4 rings (SSSR count). The minimum Gasteiger partial charge on any atom is -0.491 e. The Labute approximate surface area is 237 Å². The molecule has 6 nitrogen and oxygen atoms in total. The Balaban J connectivity index is 1.81. The molecule has 0 radical (unpaired) electrons. The fraction of sp³-hybridized carbons (Fsp3) is 0.344. The van der Waals surface area contributed by atoms with Crippen molar-refractivity contribution in [2.45, 2.75) is 65.6 Å². The normalized spacial score (nSPS) is 11.6. The molecule has 9 heteroatoms. The van der Waals surface area contributed by atoms with Crippen LogP contribution in [0.1, 0.15) is 66.8 Å². The van der Waals surface area contributed by atoms with Crippen molar-refractivity contribution in [2.75, 3.05) is 6.61 Å². The number of aromatic nitrogens is 2. The van der Waals surface area contributed by atoms with Crippen LogP contribution < -0.4 is 4.74 Å². The summed E-state index contributed by atoms with van der Waals surface area (Å²) in [5.41, 5.74) is 4.10. The Hall–Kier alpha value is -4.14. The lowest BCUT2D eigenvalue weighted by atomic mass is 9.97. The van der Waals surface area contributed by atoms with Crippen LogP contribution >= 0.6 is 0 Å². The van der Waals surface area contributed by atoms with Gasteiger partial charge in [0.1, 0.15) is 17.1 Å². The number of benzene rings is 3. The molecule has 4 aromatic rings. The van der Waals surface area contributed by atoms with Crippen molar-refractivity contribution in [3.8, 4) is 16.9 Å². The molecular formula is C32H33F3N2O4. The molecule has 3 aromatic carbocycles. The van der Waals surface area contributed by atoms with Gasteiger partial charge in [0.15, 0.2) is 0 Å². The van der Waals surface area contributed by atoms with E-state index in [9.17, 15) is 22.8 Å². The number of esters is 2. The van der Waals surface area contributed by atoms with Gasteiger partial charge in [0.25, 0.3) is 0 Å². The quantitative estimate of drug-likeness (QED) is 0.105. The van der Waals surface area contributed by atoms with Crippen molar-refractivity contribution in [2.24, 2.45) is 0 Å². The summed E-state index contributed by atoms with van der Waals surface area (Å²) in [4.78, 5) is 29.4. The summed E-state index contributed by atoms with van der Waals surface area (Å²) in [5.74, 6) is -2.38. The second-order valence-corrected chi connectivity index (χ2v) is 9.92. The van der Waals surface area contributed by atoms with Gasteiger partial charge in [-0.2, -0.15) is 13.2 Å². The highest BCUT2D eigenvalue weighted by Crippen LogP contribution is 2.32. The van der Waals surface area contributed by atoms with Crippen molar-refractivity contribution in [3.05, 3.63) is 83.2 Å². The molecule has 0 saturated heterocycles. The molecular weight excluding hydrogens is 533 g/mol. The Kier molecular flexibility index (Phi) is 9.47. The summed E-state index contributed by atoms with van der Waals surface area (Å²) in [5, 5.41) is 0. The van der Waals surface area contributed by atoms with Crippen LogP contribution in [0.4, 0.5) is 13.2 Å². The molecule has 0 spiro atoms. The summed E-state index contributed by atoms with van der Waals surface area (Å²) in [6.07, 6.45) is -0.809. The second kappa shape index (κ2) is 13.0. The Morgan fingerprint density at radius 3 is 2.37 bits per heavy atom. The third kappa shape index (κ3) is 6.96. The number of ether oxygens (including phenoxy) is 2.